The van der Waals surface area contributed by atoms with Gasteiger partial charge in [0.15, 0.2) is 6.54 Å². The van der Waals surface area contributed by atoms with Crippen LogP contribution in [-0.2, 0) is 34.4 Å². The molecule has 0 radical (unpaired) electrons. The quantitative estimate of drug-likeness (QED) is 0.211. The van der Waals surface area contributed by atoms with Crippen LogP contribution in [0.3, 0.4) is 0 Å². The van der Waals surface area contributed by atoms with Crippen LogP contribution in [0.25, 0.3) is 0 Å². The number of aliphatic hydroxyl groups is 1. The first-order chi connectivity index (χ1) is 15.1. The number of β-lactam (4-membered cyclic amide) rings is 1. The molecular weight excluding hydrogens is 470 g/mol. The second-order valence-corrected chi connectivity index (χ2v) is 10.4. The third-order valence-electron chi connectivity index (χ3n) is 6.67. The van der Waals surface area contributed by atoms with E-state index in [2.05, 4.69) is 5.32 Å². The van der Waals surface area contributed by atoms with Crippen molar-refractivity contribution in [3.63, 3.8) is 0 Å². The number of rotatable bonds is 8. The van der Waals surface area contributed by atoms with Gasteiger partial charge in [-0.05, 0) is 13.3 Å². The van der Waals surface area contributed by atoms with Gasteiger partial charge in [0.05, 0.1) is 25.1 Å². The van der Waals surface area contributed by atoms with Crippen LogP contribution in [0.5, 0.6) is 0 Å². The highest BCUT2D eigenvalue weighted by Gasteiger charge is 2.60. The minimum Gasteiger partial charge on any atom is -1.00 e. The van der Waals surface area contributed by atoms with Crippen LogP contribution in [0.1, 0.15) is 26.0 Å². The lowest BCUT2D eigenvalue weighted by molar-refractivity contribution is -0.683. The first-order valence-electron chi connectivity index (χ1n) is 10.8. The maximum atomic E-state index is 12.5. The SMILES string of the molecule is C[C@@H](O)[C@H]1C(=O)N2C(C(=O)O)=C(S[C@@H]3CN[C@H](Cc4c[n+](CC(N)=O)cn4C)C3)[C@H](C)[C@H]12.[Cl-]. The van der Waals surface area contributed by atoms with Crippen LogP contribution in [-0.4, -0.2) is 67.4 Å². The number of carboxylic acids is 1. The predicted molar refractivity (Wildman–Crippen MR) is 116 cm³/mol. The topological polar surface area (TPSA) is 142 Å². The van der Waals surface area contributed by atoms with Crippen molar-refractivity contribution in [1.29, 1.82) is 0 Å². The Morgan fingerprint density at radius 2 is 2.12 bits per heavy atom. The third kappa shape index (κ3) is 4.64. The minimum absolute atomic E-state index is 0. The van der Waals surface area contributed by atoms with E-state index >= 15 is 0 Å². The number of aryl methyl sites for hydroxylation is 1. The molecule has 4 heterocycles. The molecule has 10 nitrogen and oxygen atoms in total. The van der Waals surface area contributed by atoms with Crippen LogP contribution in [0.4, 0.5) is 0 Å². The van der Waals surface area contributed by atoms with Crippen molar-refractivity contribution in [1.82, 2.24) is 14.8 Å². The molecule has 0 aliphatic carbocycles. The number of amides is 2. The molecule has 33 heavy (non-hydrogen) atoms. The largest absolute Gasteiger partial charge is 1.00 e. The lowest BCUT2D eigenvalue weighted by atomic mass is 9.79. The maximum Gasteiger partial charge on any atom is 0.353 e. The Bertz CT molecular complexity index is 996. The lowest BCUT2D eigenvalue weighted by Crippen LogP contribution is -3.00. The summed E-state index contributed by atoms with van der Waals surface area (Å²) in [6.45, 7) is 4.40. The fourth-order valence-electron chi connectivity index (χ4n) is 5.21. The number of nitrogens with two attached hydrogens (primary N) is 1. The zero-order valence-corrected chi connectivity index (χ0v) is 20.3. The number of carbonyl (C=O) groups excluding carboxylic acids is 2. The van der Waals surface area contributed by atoms with E-state index in [0.717, 1.165) is 30.0 Å². The highest BCUT2D eigenvalue weighted by atomic mass is 35.5. The number of nitrogens with one attached hydrogen (secondary N) is 1. The number of aromatic nitrogens is 2. The van der Waals surface area contributed by atoms with Gasteiger partial charge in [0.2, 0.25) is 12.2 Å². The Hall–Kier alpha value is -2.08. The first-order valence-corrected chi connectivity index (χ1v) is 11.7. The summed E-state index contributed by atoms with van der Waals surface area (Å²) in [4.78, 5) is 37.7. The van der Waals surface area contributed by atoms with Crippen molar-refractivity contribution in [2.24, 2.45) is 24.6 Å². The number of carboxylic acid groups (broad SMARTS) is 1. The molecule has 5 N–H and O–H groups in total. The van der Waals surface area contributed by atoms with Gasteiger partial charge in [0, 0.05) is 35.1 Å². The molecule has 0 bridgehead atoms. The number of fused-ring (bicyclic) bond motifs is 1. The predicted octanol–water partition coefficient (Wildman–Crippen LogP) is -4.04. The first kappa shape index (κ1) is 25.5. The standard InChI is InChI=1S/C21H29N5O5S.ClH/c1-10-17-16(11(2)27)20(29)26(17)18(21(30)31)19(10)32-14-5-12(23-6-14)4-13-7-25(8-15(22)28)9-24(13)3;/h7,9-12,14,16-17,23,27H,4-6,8H2,1-3H3,(H2-,22,28,30,31);1H/t10-,11-,12-,14+,16-,17-;/m1./s1. The highest BCUT2D eigenvalue weighted by Crippen LogP contribution is 2.51. The third-order valence-corrected chi connectivity index (χ3v) is 8.18. The summed E-state index contributed by atoms with van der Waals surface area (Å²) in [5.74, 6) is -2.46. The number of primary amides is 1. The minimum atomic E-state index is -1.09. The Morgan fingerprint density at radius 1 is 1.42 bits per heavy atom. The fraction of sp³-hybridized carbons (Fsp3) is 0.619. The van der Waals surface area contributed by atoms with Crippen molar-refractivity contribution in [2.45, 2.75) is 56.7 Å². The second-order valence-electron chi connectivity index (χ2n) is 9.04. The van der Waals surface area contributed by atoms with E-state index in [9.17, 15) is 24.6 Å². The molecular formula is C21H30ClN5O5S. The van der Waals surface area contributed by atoms with Gasteiger partial charge in [0.25, 0.3) is 5.91 Å². The molecule has 2 fully saturated rings. The Kier molecular flexibility index (Phi) is 7.47. The summed E-state index contributed by atoms with van der Waals surface area (Å²) in [5, 5.41) is 23.5. The number of aliphatic carboxylic acids is 1. The Morgan fingerprint density at radius 3 is 2.73 bits per heavy atom. The molecule has 1 aromatic rings. The fourth-order valence-corrected chi connectivity index (χ4v) is 6.73. The van der Waals surface area contributed by atoms with E-state index in [-0.39, 0.29) is 53.8 Å². The molecule has 4 rings (SSSR count). The number of aliphatic hydroxyl groups excluding tert-OH is 1. The lowest BCUT2D eigenvalue weighted by Gasteiger charge is -2.46. The van der Waals surface area contributed by atoms with Crippen molar-refractivity contribution in [3.8, 4) is 0 Å². The number of halogens is 1. The number of hydrogen-bond acceptors (Lipinski definition) is 6. The van der Waals surface area contributed by atoms with Gasteiger partial charge >= 0.3 is 5.97 Å². The van der Waals surface area contributed by atoms with Crippen molar-refractivity contribution >= 4 is 29.5 Å². The van der Waals surface area contributed by atoms with Crippen LogP contribution in [0.2, 0.25) is 0 Å². The zero-order valence-electron chi connectivity index (χ0n) is 18.8. The van der Waals surface area contributed by atoms with Crippen LogP contribution in [0, 0.1) is 11.8 Å². The van der Waals surface area contributed by atoms with Crippen molar-refractivity contribution < 1.29 is 41.6 Å². The Balaban J connectivity index is 0.00000306. The molecule has 0 spiro atoms. The Labute approximate surface area is 202 Å². The van der Waals surface area contributed by atoms with Gasteiger partial charge in [-0.2, -0.15) is 0 Å². The molecule has 12 heteroatoms. The highest BCUT2D eigenvalue weighted by molar-refractivity contribution is 8.03. The molecule has 3 aliphatic heterocycles. The summed E-state index contributed by atoms with van der Waals surface area (Å²) in [6.07, 6.45) is 4.59. The van der Waals surface area contributed by atoms with E-state index in [0.29, 0.717) is 0 Å². The molecule has 3 aliphatic rings. The normalized spacial score (nSPS) is 29.5. The molecule has 2 amide bonds. The van der Waals surface area contributed by atoms with Crippen molar-refractivity contribution in [2.75, 3.05) is 6.54 Å². The van der Waals surface area contributed by atoms with E-state index in [1.807, 2.05) is 31.1 Å². The number of nitrogens with zero attached hydrogens (tertiary/aromatic N) is 3. The molecule has 6 atom stereocenters. The number of thioether (sulfide) groups is 1. The second kappa shape index (κ2) is 9.65. The average molecular weight is 500 g/mol. The van der Waals surface area contributed by atoms with E-state index in [1.165, 1.54) is 4.90 Å². The van der Waals surface area contributed by atoms with E-state index in [4.69, 9.17) is 5.73 Å². The van der Waals surface area contributed by atoms with Crippen LogP contribution < -0.4 is 28.0 Å². The van der Waals surface area contributed by atoms with Crippen LogP contribution in [0.15, 0.2) is 23.1 Å². The zero-order chi connectivity index (χ0) is 23.3. The molecule has 1 aromatic heterocycles. The molecule has 2 saturated heterocycles. The van der Waals surface area contributed by atoms with Gasteiger partial charge in [-0.15, -0.1) is 11.8 Å². The number of carbonyl (C=O) groups is 3. The number of imidazole rings is 1. The summed E-state index contributed by atoms with van der Waals surface area (Å²) < 4.78 is 3.74. The van der Waals surface area contributed by atoms with E-state index < -0.39 is 23.9 Å². The summed E-state index contributed by atoms with van der Waals surface area (Å²) in [6, 6.07) is -0.0667. The monoisotopic (exact) mass is 499 g/mol. The summed E-state index contributed by atoms with van der Waals surface area (Å²) in [7, 11) is 1.93. The van der Waals surface area contributed by atoms with Gasteiger partial charge < -0.3 is 38.6 Å². The number of hydrogen-bond donors (Lipinski definition) is 4. The smallest absolute Gasteiger partial charge is 0.353 e. The molecule has 0 aromatic carbocycles. The summed E-state index contributed by atoms with van der Waals surface area (Å²) >= 11 is 1.54. The molecule has 182 valence electrons. The average Bonchev–Trinajstić information content (AvgIpc) is 3.32. The summed E-state index contributed by atoms with van der Waals surface area (Å²) in [5.41, 5.74) is 6.43. The maximum absolute atomic E-state index is 12.5. The van der Waals surface area contributed by atoms with Crippen molar-refractivity contribution in [3.05, 3.63) is 28.8 Å². The van der Waals surface area contributed by atoms with Crippen LogP contribution >= 0.6 is 11.8 Å². The van der Waals surface area contributed by atoms with Gasteiger partial charge in [0.1, 0.15) is 17.6 Å². The molecule has 0 unspecified atom stereocenters. The van der Waals surface area contributed by atoms with Gasteiger partial charge in [-0.3, -0.25) is 9.59 Å². The van der Waals surface area contributed by atoms with Gasteiger partial charge in [-0.1, -0.05) is 6.92 Å². The molecule has 0 saturated carbocycles. The van der Waals surface area contributed by atoms with E-state index in [1.54, 1.807) is 23.3 Å². The van der Waals surface area contributed by atoms with Gasteiger partial charge in [-0.25, -0.2) is 13.9 Å².